The number of H-pyrrole nitrogens is 1. The molecule has 0 saturated carbocycles. The number of aromatic amines is 1. The number of aromatic nitrogens is 1. The Morgan fingerprint density at radius 3 is 2.68 bits per heavy atom. The molecule has 1 N–H and O–H groups in total. The van der Waals surface area contributed by atoms with Gasteiger partial charge in [0, 0.05) is 42.0 Å². The topological polar surface area (TPSA) is 37.5 Å². The molecule has 0 fully saturated rings. The molecule has 1 atom stereocenters. The average Bonchev–Trinajstić information content (AvgIpc) is 3.24. The summed E-state index contributed by atoms with van der Waals surface area (Å²) in [6.45, 7) is -1.87. The Bertz CT molecular complexity index is 968. The molecular formula is C22H24F2N2O2. The van der Waals surface area contributed by atoms with Crippen LogP contribution in [-0.4, -0.2) is 43.2 Å². The van der Waals surface area contributed by atoms with Gasteiger partial charge in [0.05, 0.1) is 0 Å². The van der Waals surface area contributed by atoms with Crippen LogP contribution in [0, 0.1) is 0 Å². The number of hydrogen-bond donors (Lipinski definition) is 1. The molecule has 2 aromatic carbocycles. The van der Waals surface area contributed by atoms with Crippen molar-refractivity contribution in [3.63, 3.8) is 0 Å². The lowest BCUT2D eigenvalue weighted by molar-refractivity contribution is -0.0505. The minimum atomic E-state index is -2.82. The van der Waals surface area contributed by atoms with Crippen molar-refractivity contribution in [2.24, 2.45) is 0 Å². The molecule has 4 nitrogen and oxygen atoms in total. The Hall–Kier alpha value is -2.60. The van der Waals surface area contributed by atoms with Crippen LogP contribution in [0.2, 0.25) is 0 Å². The predicted molar refractivity (Wildman–Crippen MR) is 105 cm³/mol. The highest BCUT2D eigenvalue weighted by atomic mass is 19.3. The third-order valence-electron chi connectivity index (χ3n) is 5.20. The summed E-state index contributed by atoms with van der Waals surface area (Å²) in [6.07, 6.45) is 4.11. The largest absolute Gasteiger partial charge is 0.489 e. The van der Waals surface area contributed by atoms with Crippen LogP contribution in [0.1, 0.15) is 16.7 Å². The zero-order valence-corrected chi connectivity index (χ0v) is 16.0. The lowest BCUT2D eigenvalue weighted by Crippen LogP contribution is -2.17. The maximum absolute atomic E-state index is 12.7. The highest BCUT2D eigenvalue weighted by molar-refractivity contribution is 5.89. The molecule has 0 aliphatic heterocycles. The summed E-state index contributed by atoms with van der Waals surface area (Å²) in [6, 6.07) is 11.3. The van der Waals surface area contributed by atoms with Crippen molar-refractivity contribution in [1.29, 1.82) is 0 Å². The maximum atomic E-state index is 12.7. The molecule has 1 aliphatic carbocycles. The molecule has 1 unspecified atom stereocenters. The second kappa shape index (κ2) is 7.80. The highest BCUT2D eigenvalue weighted by Crippen LogP contribution is 2.36. The predicted octanol–water partition coefficient (Wildman–Crippen LogP) is 4.42. The molecule has 148 valence electrons. The number of nitrogens with one attached hydrogen (secondary N) is 1. The van der Waals surface area contributed by atoms with Crippen molar-refractivity contribution in [3.05, 3.63) is 59.3 Å². The van der Waals surface area contributed by atoms with Gasteiger partial charge in [0.2, 0.25) is 0 Å². The van der Waals surface area contributed by atoms with Crippen LogP contribution in [0.25, 0.3) is 10.9 Å². The van der Waals surface area contributed by atoms with Gasteiger partial charge in [0.1, 0.15) is 17.6 Å². The average molecular weight is 386 g/mol. The SMILES string of the molecule is CN(C)CCc1c[nH]c2cccc(OC3Cc4cccc(OC(F)F)c4C3)c12. The Balaban J connectivity index is 1.57. The molecule has 0 radical (unpaired) electrons. The number of rotatable bonds is 7. The van der Waals surface area contributed by atoms with Crippen molar-refractivity contribution in [2.75, 3.05) is 20.6 Å². The van der Waals surface area contributed by atoms with Crippen LogP contribution in [-0.2, 0) is 19.3 Å². The van der Waals surface area contributed by atoms with Gasteiger partial charge in [0.25, 0.3) is 0 Å². The molecule has 0 amide bonds. The first kappa shape index (κ1) is 18.7. The number of likely N-dealkylation sites (N-methyl/N-ethyl adjacent to an activating group) is 1. The lowest BCUT2D eigenvalue weighted by atomic mass is 10.1. The van der Waals surface area contributed by atoms with E-state index in [9.17, 15) is 8.78 Å². The minimum absolute atomic E-state index is 0.0976. The van der Waals surface area contributed by atoms with Crippen molar-refractivity contribution < 1.29 is 18.3 Å². The molecule has 6 heteroatoms. The van der Waals surface area contributed by atoms with Gasteiger partial charge >= 0.3 is 6.61 Å². The summed E-state index contributed by atoms with van der Waals surface area (Å²) in [5.74, 6) is 1.09. The summed E-state index contributed by atoms with van der Waals surface area (Å²) < 4.78 is 36.4. The molecule has 0 spiro atoms. The Morgan fingerprint density at radius 1 is 1.11 bits per heavy atom. The van der Waals surface area contributed by atoms with E-state index >= 15 is 0 Å². The summed E-state index contributed by atoms with van der Waals surface area (Å²) >= 11 is 0. The molecular weight excluding hydrogens is 362 g/mol. The first-order valence-electron chi connectivity index (χ1n) is 9.47. The first-order chi connectivity index (χ1) is 13.5. The number of hydrogen-bond acceptors (Lipinski definition) is 3. The number of benzene rings is 2. The maximum Gasteiger partial charge on any atom is 0.387 e. The summed E-state index contributed by atoms with van der Waals surface area (Å²) in [4.78, 5) is 5.48. The number of fused-ring (bicyclic) bond motifs is 2. The third-order valence-corrected chi connectivity index (χ3v) is 5.20. The van der Waals surface area contributed by atoms with Crippen molar-refractivity contribution >= 4 is 10.9 Å². The van der Waals surface area contributed by atoms with E-state index in [1.165, 1.54) is 5.56 Å². The quantitative estimate of drug-likeness (QED) is 0.653. The van der Waals surface area contributed by atoms with Gasteiger partial charge in [-0.25, -0.2) is 0 Å². The summed E-state index contributed by atoms with van der Waals surface area (Å²) in [5, 5.41) is 1.10. The summed E-state index contributed by atoms with van der Waals surface area (Å²) in [5.41, 5.74) is 4.10. The van der Waals surface area contributed by atoms with Gasteiger partial charge in [-0.05, 0) is 49.8 Å². The fourth-order valence-electron chi connectivity index (χ4n) is 3.91. The standard InChI is InChI=1S/C22H24F2N2O2/c1-26(2)10-9-15-13-25-18-6-4-8-20(21(15)18)27-16-11-14-5-3-7-19(17(14)12-16)28-22(23)24/h3-8,13,16,22,25H,9-12H2,1-2H3. The van der Waals surface area contributed by atoms with Crippen LogP contribution in [0.4, 0.5) is 8.78 Å². The van der Waals surface area contributed by atoms with Crippen LogP contribution >= 0.6 is 0 Å². The Kier molecular flexibility index (Phi) is 5.22. The van der Waals surface area contributed by atoms with E-state index in [0.29, 0.717) is 12.8 Å². The fourth-order valence-corrected chi connectivity index (χ4v) is 3.91. The normalized spacial score (nSPS) is 16.1. The second-order valence-electron chi connectivity index (χ2n) is 7.47. The van der Waals surface area contributed by atoms with Crippen molar-refractivity contribution in [1.82, 2.24) is 9.88 Å². The van der Waals surface area contributed by atoms with E-state index < -0.39 is 6.61 Å². The van der Waals surface area contributed by atoms with E-state index in [1.807, 2.05) is 30.5 Å². The molecule has 28 heavy (non-hydrogen) atoms. The Labute approximate surface area is 163 Å². The van der Waals surface area contributed by atoms with Gasteiger partial charge < -0.3 is 19.4 Å². The van der Waals surface area contributed by atoms with Crippen LogP contribution < -0.4 is 9.47 Å². The van der Waals surface area contributed by atoms with E-state index in [-0.39, 0.29) is 11.9 Å². The lowest BCUT2D eigenvalue weighted by Gasteiger charge is -2.16. The molecule has 1 aliphatic rings. The Morgan fingerprint density at radius 2 is 1.89 bits per heavy atom. The molecule has 0 saturated heterocycles. The van der Waals surface area contributed by atoms with Gasteiger partial charge in [0.15, 0.2) is 0 Å². The van der Waals surface area contributed by atoms with Gasteiger partial charge in [-0.3, -0.25) is 0 Å². The van der Waals surface area contributed by atoms with Crippen molar-refractivity contribution in [3.8, 4) is 11.5 Å². The van der Waals surface area contributed by atoms with E-state index in [0.717, 1.165) is 40.7 Å². The molecule has 1 heterocycles. The van der Waals surface area contributed by atoms with Crippen molar-refractivity contribution in [2.45, 2.75) is 32.0 Å². The number of nitrogens with zero attached hydrogens (tertiary/aromatic N) is 1. The summed E-state index contributed by atoms with van der Waals surface area (Å²) in [7, 11) is 4.11. The minimum Gasteiger partial charge on any atom is -0.489 e. The smallest absolute Gasteiger partial charge is 0.387 e. The molecule has 4 rings (SSSR count). The van der Waals surface area contributed by atoms with Gasteiger partial charge in [-0.1, -0.05) is 18.2 Å². The van der Waals surface area contributed by atoms with Crippen LogP contribution in [0.3, 0.4) is 0 Å². The van der Waals surface area contributed by atoms with E-state index in [2.05, 4.69) is 28.7 Å². The monoisotopic (exact) mass is 386 g/mol. The second-order valence-corrected chi connectivity index (χ2v) is 7.47. The molecule has 3 aromatic rings. The fraction of sp³-hybridized carbons (Fsp3) is 0.364. The van der Waals surface area contributed by atoms with Crippen LogP contribution in [0.5, 0.6) is 11.5 Å². The third kappa shape index (κ3) is 3.83. The highest BCUT2D eigenvalue weighted by Gasteiger charge is 2.27. The zero-order valence-electron chi connectivity index (χ0n) is 16.0. The number of alkyl halides is 2. The van der Waals surface area contributed by atoms with E-state index in [4.69, 9.17) is 4.74 Å². The molecule has 0 bridgehead atoms. The van der Waals surface area contributed by atoms with Crippen LogP contribution in [0.15, 0.2) is 42.6 Å². The number of ether oxygens (including phenoxy) is 2. The van der Waals surface area contributed by atoms with Gasteiger partial charge in [-0.2, -0.15) is 8.78 Å². The van der Waals surface area contributed by atoms with Gasteiger partial charge in [-0.15, -0.1) is 0 Å². The first-order valence-corrected chi connectivity index (χ1v) is 9.47. The van der Waals surface area contributed by atoms with E-state index in [1.54, 1.807) is 12.1 Å². The number of halogens is 2. The zero-order chi connectivity index (χ0) is 19.7. The molecule has 1 aromatic heterocycles.